The molecule has 3 heterocycles. The standard InChI is InChI=1S/C21H16F6N8O/c1-10-3-16(21(25,26)27)34-35(10)17-15(11-7-29-18(28)30-8-11)9-31-19(33-17)32-13-4-12(20(22,23)24)5-14(6-13)36-2/h3-9H,1-2H3,(H2,28,29,30)(H,31,32,33). The van der Waals surface area contributed by atoms with Crippen LogP contribution in [0.15, 0.2) is 42.9 Å². The van der Waals surface area contributed by atoms with Gasteiger partial charge in [-0.2, -0.15) is 36.4 Å². The number of ether oxygens (including phenoxy) is 1. The van der Waals surface area contributed by atoms with Gasteiger partial charge in [0.15, 0.2) is 11.5 Å². The van der Waals surface area contributed by atoms with Gasteiger partial charge in [-0.25, -0.2) is 19.6 Å². The normalized spacial score (nSPS) is 12.0. The highest BCUT2D eigenvalue weighted by molar-refractivity contribution is 5.71. The number of methoxy groups -OCH3 is 1. The minimum atomic E-state index is -4.72. The van der Waals surface area contributed by atoms with Crippen LogP contribution in [-0.2, 0) is 12.4 Å². The third kappa shape index (κ3) is 5.13. The van der Waals surface area contributed by atoms with E-state index < -0.39 is 23.6 Å². The number of benzene rings is 1. The predicted octanol–water partition coefficient (Wildman–Crippen LogP) is 4.80. The number of halogens is 6. The number of nitrogens with one attached hydrogen (secondary N) is 1. The summed E-state index contributed by atoms with van der Waals surface area (Å²) in [7, 11) is 1.20. The molecular formula is C21H16F6N8O. The maximum Gasteiger partial charge on any atom is 0.435 e. The molecule has 3 N–H and O–H groups in total. The van der Waals surface area contributed by atoms with E-state index in [-0.39, 0.29) is 40.4 Å². The molecule has 0 atom stereocenters. The van der Waals surface area contributed by atoms with E-state index in [4.69, 9.17) is 10.5 Å². The molecule has 0 spiro atoms. The molecule has 4 aromatic rings. The van der Waals surface area contributed by atoms with Crippen molar-refractivity contribution < 1.29 is 31.1 Å². The number of anilines is 3. The van der Waals surface area contributed by atoms with Crippen LogP contribution >= 0.6 is 0 Å². The molecule has 15 heteroatoms. The fourth-order valence-corrected chi connectivity index (χ4v) is 3.18. The number of rotatable bonds is 5. The van der Waals surface area contributed by atoms with Crippen LogP contribution in [-0.4, -0.2) is 36.8 Å². The van der Waals surface area contributed by atoms with Crippen LogP contribution in [0.2, 0.25) is 0 Å². The Morgan fingerprint density at radius 2 is 1.61 bits per heavy atom. The Kier molecular flexibility index (Phi) is 6.16. The predicted molar refractivity (Wildman–Crippen MR) is 116 cm³/mol. The van der Waals surface area contributed by atoms with Crippen LogP contribution < -0.4 is 15.8 Å². The summed E-state index contributed by atoms with van der Waals surface area (Å²) < 4.78 is 85.6. The first-order valence-corrected chi connectivity index (χ1v) is 9.97. The zero-order valence-electron chi connectivity index (χ0n) is 18.5. The van der Waals surface area contributed by atoms with Gasteiger partial charge in [0.05, 0.1) is 12.7 Å². The van der Waals surface area contributed by atoms with Gasteiger partial charge in [0.1, 0.15) is 5.75 Å². The molecule has 0 aliphatic heterocycles. The number of alkyl halides is 6. The van der Waals surface area contributed by atoms with Crippen LogP contribution in [0, 0.1) is 6.92 Å². The van der Waals surface area contributed by atoms with Crippen LogP contribution in [0.3, 0.4) is 0 Å². The second-order valence-electron chi connectivity index (χ2n) is 7.41. The van der Waals surface area contributed by atoms with Gasteiger partial charge in [-0.05, 0) is 25.1 Å². The Morgan fingerprint density at radius 1 is 0.917 bits per heavy atom. The second kappa shape index (κ2) is 8.98. The summed E-state index contributed by atoms with van der Waals surface area (Å²) in [6, 6.07) is 3.73. The van der Waals surface area contributed by atoms with Crippen molar-refractivity contribution in [3.05, 3.63) is 59.8 Å². The molecule has 0 aliphatic carbocycles. The highest BCUT2D eigenvalue weighted by Gasteiger charge is 2.35. The Hall–Kier alpha value is -4.43. The third-order valence-corrected chi connectivity index (χ3v) is 4.86. The lowest BCUT2D eigenvalue weighted by molar-refractivity contribution is -0.141. The summed E-state index contributed by atoms with van der Waals surface area (Å²) in [5.74, 6) is -0.434. The fourth-order valence-electron chi connectivity index (χ4n) is 3.18. The first-order chi connectivity index (χ1) is 16.8. The topological polar surface area (TPSA) is 117 Å². The van der Waals surface area contributed by atoms with Crippen molar-refractivity contribution in [1.29, 1.82) is 0 Å². The first-order valence-electron chi connectivity index (χ1n) is 9.97. The quantitative estimate of drug-likeness (QED) is 0.368. The zero-order valence-corrected chi connectivity index (χ0v) is 18.5. The molecule has 0 fully saturated rings. The number of nitrogens with zero attached hydrogens (tertiary/aromatic N) is 6. The van der Waals surface area contributed by atoms with Crippen LogP contribution in [0.5, 0.6) is 5.75 Å². The monoisotopic (exact) mass is 510 g/mol. The Labute approximate surface area is 199 Å². The van der Waals surface area contributed by atoms with Crippen molar-refractivity contribution in [2.45, 2.75) is 19.3 Å². The van der Waals surface area contributed by atoms with Gasteiger partial charge in [0, 0.05) is 47.2 Å². The summed E-state index contributed by atoms with van der Waals surface area (Å²) in [5.41, 5.74) is 3.90. The van der Waals surface area contributed by atoms with Crippen molar-refractivity contribution in [1.82, 2.24) is 29.7 Å². The molecule has 0 bridgehead atoms. The van der Waals surface area contributed by atoms with E-state index in [9.17, 15) is 26.3 Å². The molecule has 0 unspecified atom stereocenters. The molecule has 9 nitrogen and oxygen atoms in total. The molecule has 3 aromatic heterocycles. The van der Waals surface area contributed by atoms with Crippen LogP contribution in [0.4, 0.5) is 43.9 Å². The highest BCUT2D eigenvalue weighted by Crippen LogP contribution is 2.35. The van der Waals surface area contributed by atoms with E-state index in [0.29, 0.717) is 5.56 Å². The van der Waals surface area contributed by atoms with E-state index >= 15 is 0 Å². The molecule has 36 heavy (non-hydrogen) atoms. The highest BCUT2D eigenvalue weighted by atomic mass is 19.4. The SMILES string of the molecule is COc1cc(Nc2ncc(-c3cnc(N)nc3)c(-n3nc(C(F)(F)F)cc3C)n2)cc(C(F)(F)F)c1. The molecule has 0 amide bonds. The van der Waals surface area contributed by atoms with Crippen LogP contribution in [0.25, 0.3) is 16.9 Å². The largest absolute Gasteiger partial charge is 0.497 e. The molecule has 0 saturated carbocycles. The van der Waals surface area contributed by atoms with Gasteiger partial charge in [0.25, 0.3) is 0 Å². The van der Waals surface area contributed by atoms with E-state index in [1.807, 2.05) is 0 Å². The number of nitrogens with two attached hydrogens (primary N) is 1. The molecule has 0 saturated heterocycles. The lowest BCUT2D eigenvalue weighted by Crippen LogP contribution is -2.11. The lowest BCUT2D eigenvalue weighted by atomic mass is 10.1. The lowest BCUT2D eigenvalue weighted by Gasteiger charge is -2.14. The van der Waals surface area contributed by atoms with E-state index in [1.54, 1.807) is 0 Å². The van der Waals surface area contributed by atoms with Gasteiger partial charge < -0.3 is 15.8 Å². The average Bonchev–Trinajstić information content (AvgIpc) is 3.21. The van der Waals surface area contributed by atoms with Crippen molar-refractivity contribution in [3.8, 4) is 22.7 Å². The fraction of sp³-hybridized carbons (Fsp3) is 0.190. The molecular weight excluding hydrogens is 494 g/mol. The van der Waals surface area contributed by atoms with Crippen molar-refractivity contribution in [3.63, 3.8) is 0 Å². The molecule has 0 radical (unpaired) electrons. The van der Waals surface area contributed by atoms with Crippen molar-refractivity contribution in [2.75, 3.05) is 18.2 Å². The molecule has 0 aliphatic rings. The minimum absolute atomic E-state index is 0.0346. The average molecular weight is 510 g/mol. The molecule has 4 rings (SSSR count). The number of nitrogen functional groups attached to an aromatic ring is 1. The van der Waals surface area contributed by atoms with Gasteiger partial charge >= 0.3 is 12.4 Å². The number of aromatic nitrogens is 6. The Balaban J connectivity index is 1.84. The van der Waals surface area contributed by atoms with E-state index in [1.165, 1.54) is 38.7 Å². The van der Waals surface area contributed by atoms with E-state index in [2.05, 4.69) is 30.4 Å². The van der Waals surface area contributed by atoms with Gasteiger partial charge in [0.2, 0.25) is 11.9 Å². The first kappa shape index (κ1) is 24.7. The summed E-state index contributed by atoms with van der Waals surface area (Å²) in [5, 5.41) is 6.25. The van der Waals surface area contributed by atoms with Crippen LogP contribution in [0.1, 0.15) is 17.0 Å². The summed E-state index contributed by atoms with van der Waals surface area (Å²) in [6.07, 6.45) is -5.49. The maximum atomic E-state index is 13.3. The number of hydrogen-bond acceptors (Lipinski definition) is 8. The van der Waals surface area contributed by atoms with Crippen molar-refractivity contribution in [2.24, 2.45) is 0 Å². The minimum Gasteiger partial charge on any atom is -0.497 e. The smallest absolute Gasteiger partial charge is 0.435 e. The zero-order chi connectivity index (χ0) is 26.3. The van der Waals surface area contributed by atoms with E-state index in [0.717, 1.165) is 22.9 Å². The number of aryl methyl sites for hydroxylation is 1. The van der Waals surface area contributed by atoms with Gasteiger partial charge in [-0.1, -0.05) is 0 Å². The second-order valence-corrected chi connectivity index (χ2v) is 7.41. The summed E-state index contributed by atoms with van der Waals surface area (Å²) in [6.45, 7) is 1.39. The summed E-state index contributed by atoms with van der Waals surface area (Å²) >= 11 is 0. The third-order valence-electron chi connectivity index (χ3n) is 4.86. The maximum absolute atomic E-state index is 13.3. The molecule has 1 aromatic carbocycles. The number of hydrogen-bond donors (Lipinski definition) is 2. The van der Waals surface area contributed by atoms with Gasteiger partial charge in [-0.3, -0.25) is 0 Å². The van der Waals surface area contributed by atoms with Crippen molar-refractivity contribution >= 4 is 17.6 Å². The summed E-state index contributed by atoms with van der Waals surface area (Å²) in [4.78, 5) is 16.1. The van der Waals surface area contributed by atoms with Gasteiger partial charge in [-0.15, -0.1) is 0 Å². The molecule has 188 valence electrons. The Bertz CT molecular complexity index is 1400. The Morgan fingerprint density at radius 3 is 2.19 bits per heavy atom.